The Hall–Kier alpha value is -3.13. The number of carbonyl (C=O) groups excluding carboxylic acids is 1. The van der Waals surface area contributed by atoms with E-state index in [0.717, 1.165) is 20.3 Å². The first kappa shape index (κ1) is 24.0. The molecule has 0 aliphatic carbocycles. The molecule has 3 aromatic carbocycles. The molecule has 5 nitrogen and oxygen atoms in total. The van der Waals surface area contributed by atoms with Gasteiger partial charge in [-0.3, -0.25) is 0 Å². The van der Waals surface area contributed by atoms with Crippen LogP contribution in [0.4, 0.5) is 0 Å². The maximum atomic E-state index is 12.5. The molecule has 0 bridgehead atoms. The second-order valence-corrected chi connectivity index (χ2v) is 9.59. The van der Waals surface area contributed by atoms with Crippen molar-refractivity contribution < 1.29 is 19.0 Å². The van der Waals surface area contributed by atoms with Crippen LogP contribution in [0.5, 0.6) is 11.5 Å². The molecule has 0 fully saturated rings. The van der Waals surface area contributed by atoms with Crippen molar-refractivity contribution in [2.45, 2.75) is 33.3 Å². The predicted octanol–water partition coefficient (Wildman–Crippen LogP) is 6.66. The molecule has 174 valence electrons. The molecule has 0 saturated heterocycles. The molecule has 1 aliphatic rings. The fraction of sp³-hybridized carbons (Fsp3) is 0.214. The molecule has 34 heavy (non-hydrogen) atoms. The Morgan fingerprint density at radius 2 is 1.85 bits per heavy atom. The number of carbonyl (C=O) groups is 1. The first-order valence-corrected chi connectivity index (χ1v) is 12.1. The lowest BCUT2D eigenvalue weighted by molar-refractivity contribution is -0.129. The summed E-state index contributed by atoms with van der Waals surface area (Å²) in [5, 5.41) is 0. The molecule has 0 N–H and O–H groups in total. The highest BCUT2D eigenvalue weighted by atomic mass is 127. The summed E-state index contributed by atoms with van der Waals surface area (Å²) in [6.07, 6.45) is 1.70. The van der Waals surface area contributed by atoms with Gasteiger partial charge in [0.05, 0.1) is 10.7 Å². The third-order valence-electron chi connectivity index (χ3n) is 5.47. The highest BCUT2D eigenvalue weighted by Crippen LogP contribution is 2.35. The summed E-state index contributed by atoms with van der Waals surface area (Å²) in [7, 11) is 1.60. The summed E-state index contributed by atoms with van der Waals surface area (Å²) in [6, 6.07) is 19.9. The van der Waals surface area contributed by atoms with Crippen LogP contribution in [0.25, 0.3) is 6.08 Å². The van der Waals surface area contributed by atoms with Gasteiger partial charge in [0.15, 0.2) is 17.2 Å². The van der Waals surface area contributed by atoms with Crippen LogP contribution in [0.3, 0.4) is 0 Å². The number of nitrogens with zero attached hydrogens (tertiary/aromatic N) is 1. The Kier molecular flexibility index (Phi) is 7.36. The summed E-state index contributed by atoms with van der Waals surface area (Å²) in [4.78, 5) is 16.9. The molecular formula is C28H26INO4. The molecule has 0 amide bonds. The van der Waals surface area contributed by atoms with E-state index in [0.29, 0.717) is 29.9 Å². The van der Waals surface area contributed by atoms with E-state index in [2.05, 4.69) is 60.5 Å². The van der Waals surface area contributed by atoms with E-state index in [1.54, 1.807) is 13.2 Å². The summed E-state index contributed by atoms with van der Waals surface area (Å²) in [5.74, 6) is 1.52. The van der Waals surface area contributed by atoms with Crippen molar-refractivity contribution >= 4 is 40.5 Å². The molecule has 6 heteroatoms. The number of methoxy groups -OCH3 is 1. The maximum Gasteiger partial charge on any atom is 0.363 e. The van der Waals surface area contributed by atoms with Gasteiger partial charge in [-0.1, -0.05) is 55.8 Å². The zero-order chi connectivity index (χ0) is 24.2. The van der Waals surface area contributed by atoms with Crippen LogP contribution in [0.2, 0.25) is 0 Å². The standard InChI is InChI=1S/C28H26INO4/c1-17(2)21-8-10-22(11-9-21)27-30-24(28(31)34-27)14-20-13-23(29)26(25(15-20)32-4)33-16-19-7-5-6-18(3)12-19/h5-15,17H,16H2,1-4H3/b24-14-. The molecule has 0 aromatic heterocycles. The number of aliphatic imine (C=N–C) groups is 1. The third-order valence-corrected chi connectivity index (χ3v) is 6.27. The van der Waals surface area contributed by atoms with E-state index in [9.17, 15) is 4.79 Å². The summed E-state index contributed by atoms with van der Waals surface area (Å²) >= 11 is 2.21. The van der Waals surface area contributed by atoms with Crippen LogP contribution < -0.4 is 9.47 Å². The average Bonchev–Trinajstić information content (AvgIpc) is 3.18. The van der Waals surface area contributed by atoms with E-state index in [-0.39, 0.29) is 5.70 Å². The van der Waals surface area contributed by atoms with Crippen molar-refractivity contribution in [3.63, 3.8) is 0 Å². The fourth-order valence-corrected chi connectivity index (χ4v) is 4.40. The number of esters is 1. The Balaban J connectivity index is 1.57. The number of hydrogen-bond donors (Lipinski definition) is 0. The monoisotopic (exact) mass is 567 g/mol. The molecular weight excluding hydrogens is 541 g/mol. The molecule has 1 heterocycles. The van der Waals surface area contributed by atoms with E-state index in [1.165, 1.54) is 11.1 Å². The third kappa shape index (κ3) is 5.50. The van der Waals surface area contributed by atoms with Crippen LogP contribution in [0, 0.1) is 10.5 Å². The van der Waals surface area contributed by atoms with Crippen molar-refractivity contribution in [2.75, 3.05) is 7.11 Å². The van der Waals surface area contributed by atoms with Gasteiger partial charge in [-0.05, 0) is 82.5 Å². The topological polar surface area (TPSA) is 57.1 Å². The largest absolute Gasteiger partial charge is 0.493 e. The van der Waals surface area contributed by atoms with Gasteiger partial charge in [0.25, 0.3) is 0 Å². The fourth-order valence-electron chi connectivity index (χ4n) is 3.62. The second kappa shape index (κ2) is 10.4. The lowest BCUT2D eigenvalue weighted by Gasteiger charge is -2.14. The number of cyclic esters (lactones) is 1. The van der Waals surface area contributed by atoms with Crippen LogP contribution >= 0.6 is 22.6 Å². The van der Waals surface area contributed by atoms with Gasteiger partial charge in [0.1, 0.15) is 6.61 Å². The Morgan fingerprint density at radius 3 is 2.53 bits per heavy atom. The minimum absolute atomic E-state index is 0.245. The first-order chi connectivity index (χ1) is 16.3. The average molecular weight is 567 g/mol. The second-order valence-electron chi connectivity index (χ2n) is 8.42. The van der Waals surface area contributed by atoms with Gasteiger partial charge in [-0.15, -0.1) is 0 Å². The molecule has 0 atom stereocenters. The van der Waals surface area contributed by atoms with Crippen LogP contribution in [-0.4, -0.2) is 19.0 Å². The van der Waals surface area contributed by atoms with Gasteiger partial charge in [0.2, 0.25) is 5.90 Å². The van der Waals surface area contributed by atoms with Crippen LogP contribution in [0.15, 0.2) is 71.4 Å². The maximum absolute atomic E-state index is 12.5. The molecule has 0 radical (unpaired) electrons. The van der Waals surface area contributed by atoms with E-state index in [4.69, 9.17) is 14.2 Å². The Bertz CT molecular complexity index is 1280. The smallest absolute Gasteiger partial charge is 0.363 e. The van der Waals surface area contributed by atoms with Crippen molar-refractivity contribution in [1.29, 1.82) is 0 Å². The SMILES string of the molecule is COc1cc(/C=C2\N=C(c3ccc(C(C)C)cc3)OC2=O)cc(I)c1OCc1cccc(C)c1. The van der Waals surface area contributed by atoms with Crippen LogP contribution in [0.1, 0.15) is 47.6 Å². The van der Waals surface area contributed by atoms with Gasteiger partial charge >= 0.3 is 5.97 Å². The number of benzene rings is 3. The van der Waals surface area contributed by atoms with E-state index >= 15 is 0 Å². The van der Waals surface area contributed by atoms with Gasteiger partial charge in [-0.2, -0.15) is 0 Å². The molecule has 3 aromatic rings. The summed E-state index contributed by atoms with van der Waals surface area (Å²) in [5.41, 5.74) is 5.28. The van der Waals surface area contributed by atoms with Crippen molar-refractivity contribution in [1.82, 2.24) is 0 Å². The normalized spacial score (nSPS) is 14.4. The summed E-state index contributed by atoms with van der Waals surface area (Å²) < 4.78 is 18.0. The number of ether oxygens (including phenoxy) is 3. The van der Waals surface area contributed by atoms with Crippen LogP contribution in [-0.2, 0) is 16.1 Å². The minimum atomic E-state index is -0.475. The zero-order valence-corrected chi connectivity index (χ0v) is 21.8. The number of rotatable bonds is 7. The highest BCUT2D eigenvalue weighted by Gasteiger charge is 2.24. The number of aryl methyl sites for hydroxylation is 1. The highest BCUT2D eigenvalue weighted by molar-refractivity contribution is 14.1. The Morgan fingerprint density at radius 1 is 1.09 bits per heavy atom. The van der Waals surface area contributed by atoms with Crippen molar-refractivity contribution in [2.24, 2.45) is 4.99 Å². The van der Waals surface area contributed by atoms with Crippen molar-refractivity contribution in [3.05, 3.63) is 97.7 Å². The molecule has 4 rings (SSSR count). The Labute approximate surface area is 213 Å². The molecule has 1 aliphatic heterocycles. The van der Waals surface area contributed by atoms with E-state index in [1.807, 2.05) is 48.5 Å². The predicted molar refractivity (Wildman–Crippen MR) is 142 cm³/mol. The molecule has 0 unspecified atom stereocenters. The molecule has 0 saturated carbocycles. The first-order valence-electron chi connectivity index (χ1n) is 11.0. The number of halogens is 1. The van der Waals surface area contributed by atoms with Crippen molar-refractivity contribution in [3.8, 4) is 11.5 Å². The van der Waals surface area contributed by atoms with Gasteiger partial charge in [0, 0.05) is 5.56 Å². The minimum Gasteiger partial charge on any atom is -0.493 e. The molecule has 0 spiro atoms. The lowest BCUT2D eigenvalue weighted by atomic mass is 10.0. The lowest BCUT2D eigenvalue weighted by Crippen LogP contribution is -2.05. The summed E-state index contributed by atoms with van der Waals surface area (Å²) in [6.45, 7) is 6.76. The van der Waals surface area contributed by atoms with Gasteiger partial charge < -0.3 is 14.2 Å². The van der Waals surface area contributed by atoms with E-state index < -0.39 is 5.97 Å². The number of hydrogen-bond acceptors (Lipinski definition) is 5. The zero-order valence-electron chi connectivity index (χ0n) is 19.6. The van der Waals surface area contributed by atoms with Gasteiger partial charge in [-0.25, -0.2) is 9.79 Å². The quantitative estimate of drug-likeness (QED) is 0.182.